The van der Waals surface area contributed by atoms with Crippen LogP contribution in [0.2, 0.25) is 0 Å². The summed E-state index contributed by atoms with van der Waals surface area (Å²) in [6.07, 6.45) is 1.44. The van der Waals surface area contributed by atoms with Crippen molar-refractivity contribution in [2.24, 2.45) is 0 Å². The van der Waals surface area contributed by atoms with Crippen LogP contribution in [0.3, 0.4) is 0 Å². The van der Waals surface area contributed by atoms with Gasteiger partial charge < -0.3 is 4.42 Å². The van der Waals surface area contributed by atoms with E-state index in [2.05, 4.69) is 0 Å². The van der Waals surface area contributed by atoms with E-state index in [4.69, 9.17) is 16.0 Å². The summed E-state index contributed by atoms with van der Waals surface area (Å²) in [6.45, 7) is -0.470. The fourth-order valence-corrected chi connectivity index (χ4v) is 3.28. The normalized spacial score (nSPS) is 11.7. The number of sulfonamides is 1. The molecule has 20 heavy (non-hydrogen) atoms. The van der Waals surface area contributed by atoms with E-state index in [9.17, 15) is 13.2 Å². The number of rotatable bonds is 6. The van der Waals surface area contributed by atoms with Crippen LogP contribution in [0.15, 0.2) is 58.0 Å². The summed E-state index contributed by atoms with van der Waals surface area (Å²) in [5.74, 6) is 0.433. The number of nitrogens with zero attached hydrogens (tertiary/aromatic N) is 1. The van der Waals surface area contributed by atoms with Gasteiger partial charge >= 0.3 is 0 Å². The third-order valence-electron chi connectivity index (χ3n) is 2.59. The Balaban J connectivity index is 2.33. The Morgan fingerprint density at radius 1 is 1.15 bits per heavy atom. The van der Waals surface area contributed by atoms with Crippen molar-refractivity contribution in [1.82, 2.24) is 4.31 Å². The van der Waals surface area contributed by atoms with Crippen molar-refractivity contribution >= 4 is 26.9 Å². The van der Waals surface area contributed by atoms with Gasteiger partial charge in [-0.1, -0.05) is 18.2 Å². The number of hydrogen-bond donors (Lipinski definition) is 0. The van der Waals surface area contributed by atoms with Crippen LogP contribution in [0.5, 0.6) is 0 Å². The van der Waals surface area contributed by atoms with Gasteiger partial charge in [0.05, 0.1) is 24.2 Å². The van der Waals surface area contributed by atoms with Crippen LogP contribution in [0, 0.1) is 0 Å². The predicted molar refractivity (Wildman–Crippen MR) is 73.6 cm³/mol. The second kappa shape index (κ2) is 6.21. The van der Waals surface area contributed by atoms with E-state index in [-0.39, 0.29) is 11.4 Å². The van der Waals surface area contributed by atoms with Crippen LogP contribution < -0.4 is 0 Å². The second-order valence-corrected chi connectivity index (χ2v) is 6.38. The van der Waals surface area contributed by atoms with Crippen molar-refractivity contribution in [1.29, 1.82) is 0 Å². The molecule has 0 radical (unpaired) electrons. The van der Waals surface area contributed by atoms with Gasteiger partial charge in [0.25, 0.3) is 0 Å². The lowest BCUT2D eigenvalue weighted by Crippen LogP contribution is -2.33. The molecule has 1 aromatic heterocycles. The molecule has 0 bridgehead atoms. The summed E-state index contributed by atoms with van der Waals surface area (Å²) in [6, 6.07) is 11.1. The van der Waals surface area contributed by atoms with Gasteiger partial charge in [0.15, 0.2) is 0 Å². The molecule has 0 atom stereocenters. The SMILES string of the molecule is O=C(Cl)CN(Cc1ccco1)S(=O)(=O)c1ccccc1. The fraction of sp³-hybridized carbons (Fsp3) is 0.154. The van der Waals surface area contributed by atoms with E-state index in [0.29, 0.717) is 5.76 Å². The molecular formula is C13H12ClNO4S. The van der Waals surface area contributed by atoms with E-state index < -0.39 is 21.8 Å². The van der Waals surface area contributed by atoms with Gasteiger partial charge in [-0.2, -0.15) is 4.31 Å². The van der Waals surface area contributed by atoms with Crippen molar-refractivity contribution in [2.45, 2.75) is 11.4 Å². The summed E-state index contributed by atoms with van der Waals surface area (Å²) in [5.41, 5.74) is 0. The lowest BCUT2D eigenvalue weighted by atomic mass is 10.4. The lowest BCUT2D eigenvalue weighted by Gasteiger charge is -2.19. The molecule has 0 N–H and O–H groups in total. The molecule has 1 heterocycles. The standard InChI is InChI=1S/C13H12ClNO4S/c14-13(16)10-15(9-11-5-4-8-19-11)20(17,18)12-6-2-1-3-7-12/h1-8H,9-10H2. The first-order valence-corrected chi connectivity index (χ1v) is 7.58. The third kappa shape index (κ3) is 3.47. The minimum Gasteiger partial charge on any atom is -0.468 e. The number of hydrogen-bond acceptors (Lipinski definition) is 4. The van der Waals surface area contributed by atoms with E-state index in [0.717, 1.165) is 4.31 Å². The molecule has 0 fully saturated rings. The number of halogens is 1. The van der Waals surface area contributed by atoms with Gasteiger partial charge in [-0.15, -0.1) is 0 Å². The summed E-state index contributed by atoms with van der Waals surface area (Å²) in [7, 11) is -3.80. The molecule has 0 aliphatic rings. The van der Waals surface area contributed by atoms with Gasteiger partial charge in [0, 0.05) is 0 Å². The van der Waals surface area contributed by atoms with E-state index in [1.54, 1.807) is 30.3 Å². The minimum absolute atomic E-state index is 0.0529. The van der Waals surface area contributed by atoms with Gasteiger partial charge in [-0.05, 0) is 35.9 Å². The number of furan rings is 1. The highest BCUT2D eigenvalue weighted by Crippen LogP contribution is 2.18. The first-order valence-electron chi connectivity index (χ1n) is 5.76. The van der Waals surface area contributed by atoms with Gasteiger partial charge in [0.2, 0.25) is 15.3 Å². The Morgan fingerprint density at radius 2 is 1.85 bits per heavy atom. The van der Waals surface area contributed by atoms with E-state index in [1.165, 1.54) is 18.4 Å². The topological polar surface area (TPSA) is 67.6 Å². The first-order chi connectivity index (χ1) is 9.50. The molecular weight excluding hydrogens is 302 g/mol. The molecule has 5 nitrogen and oxygen atoms in total. The monoisotopic (exact) mass is 313 g/mol. The smallest absolute Gasteiger partial charge is 0.243 e. The highest BCUT2D eigenvalue weighted by atomic mass is 35.5. The third-order valence-corrected chi connectivity index (χ3v) is 4.52. The van der Waals surface area contributed by atoms with Gasteiger partial charge in [-0.3, -0.25) is 4.79 Å². The molecule has 0 unspecified atom stereocenters. The van der Waals surface area contributed by atoms with Gasteiger partial charge in [-0.25, -0.2) is 8.42 Å². The van der Waals surface area contributed by atoms with Crippen LogP contribution in [0.1, 0.15) is 5.76 Å². The largest absolute Gasteiger partial charge is 0.468 e. The maximum atomic E-state index is 12.5. The highest BCUT2D eigenvalue weighted by Gasteiger charge is 2.26. The molecule has 0 aliphatic carbocycles. The van der Waals surface area contributed by atoms with Gasteiger partial charge in [0.1, 0.15) is 5.76 Å². The maximum absolute atomic E-state index is 12.5. The quantitative estimate of drug-likeness (QED) is 0.767. The summed E-state index contributed by atoms with van der Waals surface area (Å²) in [5, 5.41) is -0.754. The van der Waals surface area contributed by atoms with Crippen molar-refractivity contribution in [3.63, 3.8) is 0 Å². The average molecular weight is 314 g/mol. The zero-order chi connectivity index (χ0) is 14.6. The number of carbonyl (C=O) groups excluding carboxylic acids is 1. The van der Waals surface area contributed by atoms with Crippen molar-refractivity contribution in [2.75, 3.05) is 6.54 Å². The predicted octanol–water partition coefficient (Wildman–Crippen LogP) is 2.24. The molecule has 1 aromatic carbocycles. The first kappa shape index (κ1) is 14.8. The Kier molecular flexibility index (Phi) is 4.59. The Hall–Kier alpha value is -1.63. The Bertz CT molecular complexity index is 668. The molecule has 2 aromatic rings. The minimum atomic E-state index is -3.80. The van der Waals surface area contributed by atoms with Crippen molar-refractivity contribution < 1.29 is 17.6 Å². The number of carbonyl (C=O) groups is 1. The molecule has 0 saturated carbocycles. The van der Waals surface area contributed by atoms with Crippen molar-refractivity contribution in [3.8, 4) is 0 Å². The molecule has 0 spiro atoms. The highest BCUT2D eigenvalue weighted by molar-refractivity contribution is 7.89. The summed E-state index contributed by atoms with van der Waals surface area (Å²) >= 11 is 5.33. The van der Waals surface area contributed by atoms with Crippen LogP contribution in [-0.4, -0.2) is 24.5 Å². The molecule has 0 aliphatic heterocycles. The van der Waals surface area contributed by atoms with Crippen LogP contribution in [-0.2, 0) is 21.4 Å². The molecule has 2 rings (SSSR count). The Labute approximate surface area is 121 Å². The molecule has 7 heteroatoms. The Morgan fingerprint density at radius 3 is 2.40 bits per heavy atom. The van der Waals surface area contributed by atoms with Crippen LogP contribution in [0.4, 0.5) is 0 Å². The summed E-state index contributed by atoms with van der Waals surface area (Å²) < 4.78 is 31.0. The van der Waals surface area contributed by atoms with Crippen molar-refractivity contribution in [3.05, 3.63) is 54.5 Å². The second-order valence-electron chi connectivity index (χ2n) is 4.02. The zero-order valence-corrected chi connectivity index (χ0v) is 12.0. The van der Waals surface area contributed by atoms with Crippen LogP contribution >= 0.6 is 11.6 Å². The van der Waals surface area contributed by atoms with Crippen LogP contribution in [0.25, 0.3) is 0 Å². The lowest BCUT2D eigenvalue weighted by molar-refractivity contribution is -0.112. The average Bonchev–Trinajstić information content (AvgIpc) is 2.91. The molecule has 0 amide bonds. The maximum Gasteiger partial charge on any atom is 0.243 e. The van der Waals surface area contributed by atoms with E-state index >= 15 is 0 Å². The molecule has 0 saturated heterocycles. The summed E-state index contributed by atoms with van der Waals surface area (Å²) in [4.78, 5) is 11.2. The number of benzene rings is 1. The fourth-order valence-electron chi connectivity index (χ4n) is 1.68. The van der Waals surface area contributed by atoms with E-state index in [1.807, 2.05) is 0 Å². The zero-order valence-electron chi connectivity index (χ0n) is 10.4. The molecule has 106 valence electrons.